The lowest BCUT2D eigenvalue weighted by Gasteiger charge is -2.32. The number of hydrogen-bond acceptors (Lipinski definition) is 6. The van der Waals surface area contributed by atoms with Gasteiger partial charge in [0.2, 0.25) is 0 Å². The van der Waals surface area contributed by atoms with Crippen LogP contribution in [0.15, 0.2) is 72.0 Å². The van der Waals surface area contributed by atoms with Crippen LogP contribution in [-0.4, -0.2) is 36.4 Å². The van der Waals surface area contributed by atoms with E-state index < -0.39 is 0 Å². The van der Waals surface area contributed by atoms with E-state index in [2.05, 4.69) is 70.0 Å². The summed E-state index contributed by atoms with van der Waals surface area (Å²) in [4.78, 5) is 17.3. The minimum atomic E-state index is -0.00826. The first-order chi connectivity index (χ1) is 14.8. The second-order valence-electron chi connectivity index (χ2n) is 7.60. The van der Waals surface area contributed by atoms with Gasteiger partial charge in [-0.1, -0.05) is 48.2 Å². The highest BCUT2D eigenvalue weighted by Crippen LogP contribution is 2.49. The highest BCUT2D eigenvalue weighted by molar-refractivity contribution is 8.14. The van der Waals surface area contributed by atoms with Crippen molar-refractivity contribution in [3.05, 3.63) is 78.4 Å². The number of para-hydroxylation sites is 1. The van der Waals surface area contributed by atoms with Gasteiger partial charge in [0, 0.05) is 24.2 Å². The summed E-state index contributed by atoms with van der Waals surface area (Å²) in [7, 11) is 0. The summed E-state index contributed by atoms with van der Waals surface area (Å²) in [5.74, 6) is 1.10. The molecule has 0 amide bonds. The molecule has 0 N–H and O–H groups in total. The van der Waals surface area contributed by atoms with E-state index >= 15 is 0 Å². The first kappa shape index (κ1) is 18.2. The van der Waals surface area contributed by atoms with Crippen molar-refractivity contribution >= 4 is 38.5 Å². The Balaban J connectivity index is 1.49. The number of benzene rings is 1. The van der Waals surface area contributed by atoms with Gasteiger partial charge in [-0.3, -0.25) is 14.5 Å². The van der Waals surface area contributed by atoms with Crippen LogP contribution in [0.25, 0.3) is 15.3 Å². The topological polar surface area (TPSA) is 46.3 Å². The zero-order valence-corrected chi connectivity index (χ0v) is 18.2. The van der Waals surface area contributed by atoms with Gasteiger partial charge in [-0.25, -0.2) is 4.98 Å². The monoisotopic (exact) mass is 431 g/mol. The van der Waals surface area contributed by atoms with Crippen molar-refractivity contribution in [3.63, 3.8) is 0 Å². The van der Waals surface area contributed by atoms with Gasteiger partial charge in [0.25, 0.3) is 0 Å². The van der Waals surface area contributed by atoms with Crippen LogP contribution in [0.3, 0.4) is 0 Å². The van der Waals surface area contributed by atoms with Crippen molar-refractivity contribution in [2.75, 3.05) is 5.75 Å². The van der Waals surface area contributed by atoms with Crippen LogP contribution in [0.1, 0.15) is 36.8 Å². The number of aromatic nitrogens is 3. The molecule has 2 aliphatic heterocycles. The van der Waals surface area contributed by atoms with E-state index in [0.29, 0.717) is 6.04 Å². The van der Waals surface area contributed by atoms with Crippen molar-refractivity contribution in [1.82, 2.24) is 19.4 Å². The molecular formula is C23H21N5S2. The van der Waals surface area contributed by atoms with Gasteiger partial charge >= 0.3 is 0 Å². The fourth-order valence-electron chi connectivity index (χ4n) is 4.44. The Hall–Kier alpha value is -2.64. The maximum absolute atomic E-state index is 5.15. The molecule has 0 bridgehead atoms. The third-order valence-corrected chi connectivity index (χ3v) is 8.06. The lowest BCUT2D eigenvalue weighted by atomic mass is 9.99. The van der Waals surface area contributed by atoms with Crippen LogP contribution >= 0.6 is 23.1 Å². The average Bonchev–Trinajstić information content (AvgIpc) is 3.55. The van der Waals surface area contributed by atoms with Crippen LogP contribution in [-0.2, 0) is 0 Å². The van der Waals surface area contributed by atoms with Crippen molar-refractivity contribution < 1.29 is 0 Å². The third kappa shape index (κ3) is 2.80. The SMILES string of the molecule is CC[C@@H]1CSC2=N[C@H](c3ccccn3)[C@H](c3cccn3-c3nc4ccccc4s3)N21. The smallest absolute Gasteiger partial charge is 0.194 e. The largest absolute Gasteiger partial charge is 0.337 e. The molecule has 1 aromatic carbocycles. The fraction of sp³-hybridized carbons (Fsp3) is 0.261. The highest BCUT2D eigenvalue weighted by atomic mass is 32.2. The molecule has 1 saturated heterocycles. The second kappa shape index (κ2) is 7.25. The number of nitrogens with zero attached hydrogens (tertiary/aromatic N) is 5. The summed E-state index contributed by atoms with van der Waals surface area (Å²) >= 11 is 3.61. The molecule has 1 fully saturated rings. The molecular weight excluding hydrogens is 410 g/mol. The second-order valence-corrected chi connectivity index (χ2v) is 9.60. The maximum Gasteiger partial charge on any atom is 0.194 e. The highest BCUT2D eigenvalue weighted by Gasteiger charge is 2.46. The quantitative estimate of drug-likeness (QED) is 0.430. The Morgan fingerprint density at radius 1 is 1.07 bits per heavy atom. The van der Waals surface area contributed by atoms with Gasteiger partial charge in [-0.05, 0) is 42.8 Å². The molecule has 7 heteroatoms. The van der Waals surface area contributed by atoms with Gasteiger partial charge in [0.1, 0.15) is 12.1 Å². The molecule has 4 aromatic rings. The van der Waals surface area contributed by atoms with Crippen molar-refractivity contribution in [3.8, 4) is 5.13 Å². The van der Waals surface area contributed by atoms with Crippen LogP contribution in [0.2, 0.25) is 0 Å². The first-order valence-corrected chi connectivity index (χ1v) is 12.1. The lowest BCUT2D eigenvalue weighted by molar-refractivity contribution is 0.249. The Bertz CT molecular complexity index is 1200. The Morgan fingerprint density at radius 2 is 1.97 bits per heavy atom. The summed E-state index contributed by atoms with van der Waals surface area (Å²) in [5.41, 5.74) is 3.30. The van der Waals surface area contributed by atoms with Gasteiger partial charge in [0.05, 0.1) is 21.6 Å². The predicted molar refractivity (Wildman–Crippen MR) is 124 cm³/mol. The molecule has 2 aliphatic rings. The molecule has 3 atom stereocenters. The van der Waals surface area contributed by atoms with Gasteiger partial charge < -0.3 is 4.90 Å². The molecule has 30 heavy (non-hydrogen) atoms. The minimum absolute atomic E-state index is 0.00826. The lowest BCUT2D eigenvalue weighted by Crippen LogP contribution is -2.36. The zero-order chi connectivity index (χ0) is 20.1. The van der Waals surface area contributed by atoms with E-state index in [1.54, 1.807) is 11.3 Å². The van der Waals surface area contributed by atoms with Crippen LogP contribution in [0.4, 0.5) is 0 Å². The maximum atomic E-state index is 5.15. The summed E-state index contributed by atoms with van der Waals surface area (Å²) in [5, 5.41) is 2.16. The Kier molecular flexibility index (Phi) is 4.39. The number of thioether (sulfide) groups is 1. The fourth-order valence-corrected chi connectivity index (χ4v) is 6.75. The molecule has 0 saturated carbocycles. The van der Waals surface area contributed by atoms with E-state index in [1.165, 1.54) is 10.4 Å². The van der Waals surface area contributed by atoms with E-state index in [1.807, 2.05) is 30.1 Å². The predicted octanol–water partition coefficient (Wildman–Crippen LogP) is 5.46. The van der Waals surface area contributed by atoms with Crippen LogP contribution < -0.4 is 0 Å². The summed E-state index contributed by atoms with van der Waals surface area (Å²) in [6, 6.07) is 19.4. The van der Waals surface area contributed by atoms with E-state index in [4.69, 9.17) is 9.98 Å². The molecule has 5 nitrogen and oxygen atoms in total. The van der Waals surface area contributed by atoms with Gasteiger partial charge in [-0.15, -0.1) is 0 Å². The minimum Gasteiger partial charge on any atom is -0.337 e. The first-order valence-electron chi connectivity index (χ1n) is 10.3. The van der Waals surface area contributed by atoms with Crippen molar-refractivity contribution in [2.45, 2.75) is 31.5 Å². The number of aliphatic imine (C=N–C) groups is 1. The van der Waals surface area contributed by atoms with Crippen molar-refractivity contribution in [1.29, 1.82) is 0 Å². The number of hydrogen-bond donors (Lipinski definition) is 0. The zero-order valence-electron chi connectivity index (χ0n) is 16.5. The number of rotatable bonds is 4. The third-order valence-electron chi connectivity index (χ3n) is 5.90. The summed E-state index contributed by atoms with van der Waals surface area (Å²) in [6.45, 7) is 2.27. The number of pyridine rings is 1. The number of amidine groups is 1. The van der Waals surface area contributed by atoms with Crippen LogP contribution in [0, 0.1) is 0 Å². The normalized spacial score (nSPS) is 23.2. The van der Waals surface area contributed by atoms with Crippen molar-refractivity contribution in [2.24, 2.45) is 4.99 Å². The number of thiazole rings is 1. The van der Waals surface area contributed by atoms with E-state index in [9.17, 15) is 0 Å². The van der Waals surface area contributed by atoms with E-state index in [0.717, 1.165) is 33.7 Å². The van der Waals surface area contributed by atoms with Crippen LogP contribution in [0.5, 0.6) is 0 Å². The molecule has 5 heterocycles. The molecule has 0 unspecified atom stereocenters. The molecule has 0 aliphatic carbocycles. The van der Waals surface area contributed by atoms with E-state index in [-0.39, 0.29) is 12.1 Å². The molecule has 0 radical (unpaired) electrons. The summed E-state index contributed by atoms with van der Waals surface area (Å²) < 4.78 is 3.46. The average molecular weight is 432 g/mol. The standard InChI is InChI=1S/C23H21N5S2/c1-2-15-14-29-23-26-20(17-9-5-6-12-24-17)21(28(15)23)18-10-7-13-27(18)22-25-16-8-3-4-11-19(16)30-22/h3-13,15,20-21H,2,14H2,1H3/t15-,20-,21+/m1/s1. The molecule has 3 aromatic heterocycles. The summed E-state index contributed by atoms with van der Waals surface area (Å²) in [6.07, 6.45) is 5.11. The molecule has 0 spiro atoms. The molecule has 150 valence electrons. The van der Waals surface area contributed by atoms with Gasteiger partial charge in [-0.2, -0.15) is 0 Å². The molecule has 6 rings (SSSR count). The Morgan fingerprint density at radius 3 is 2.80 bits per heavy atom. The number of fused-ring (bicyclic) bond motifs is 2. The van der Waals surface area contributed by atoms with Gasteiger partial charge in [0.15, 0.2) is 10.3 Å². The Labute approximate surface area is 183 Å².